The highest BCUT2D eigenvalue weighted by Gasteiger charge is 2.27. The lowest BCUT2D eigenvalue weighted by Crippen LogP contribution is -2.34. The van der Waals surface area contributed by atoms with Crippen molar-refractivity contribution in [2.75, 3.05) is 6.61 Å². The Hall–Kier alpha value is -0.610. The second-order valence-corrected chi connectivity index (χ2v) is 6.37. The van der Waals surface area contributed by atoms with Crippen molar-refractivity contribution in [1.29, 1.82) is 0 Å². The van der Waals surface area contributed by atoms with Crippen LogP contribution in [-0.4, -0.2) is 36.0 Å². The summed E-state index contributed by atoms with van der Waals surface area (Å²) in [5.74, 6) is -0.722. The number of hydrogen-bond acceptors (Lipinski definition) is 3. The molecule has 2 atom stereocenters. The van der Waals surface area contributed by atoms with Crippen LogP contribution in [0, 0.1) is 5.41 Å². The van der Waals surface area contributed by atoms with Gasteiger partial charge in [0.05, 0.1) is 23.7 Å². The largest absolute Gasteiger partial charge is 0.481 e. The van der Waals surface area contributed by atoms with Crippen LogP contribution in [0.4, 0.5) is 0 Å². The molecule has 1 rings (SSSR count). The molecule has 0 aromatic carbocycles. The summed E-state index contributed by atoms with van der Waals surface area (Å²) in [7, 11) is 0. The monoisotopic (exact) mass is 272 g/mol. The highest BCUT2D eigenvalue weighted by atomic mass is 16.5. The zero-order valence-electron chi connectivity index (χ0n) is 12.6. The maximum Gasteiger partial charge on any atom is 0.309 e. The Morgan fingerprint density at radius 1 is 1.26 bits per heavy atom. The van der Waals surface area contributed by atoms with Gasteiger partial charge < -0.3 is 14.6 Å². The third kappa shape index (κ3) is 5.91. The van der Waals surface area contributed by atoms with E-state index in [1.807, 2.05) is 0 Å². The molecule has 1 aliphatic rings. The molecule has 0 aliphatic carbocycles. The first-order valence-electron chi connectivity index (χ1n) is 7.31. The second kappa shape index (κ2) is 7.25. The molecule has 19 heavy (non-hydrogen) atoms. The average molecular weight is 272 g/mol. The summed E-state index contributed by atoms with van der Waals surface area (Å²) < 4.78 is 11.5. The van der Waals surface area contributed by atoms with Gasteiger partial charge in [0.25, 0.3) is 0 Å². The van der Waals surface area contributed by atoms with Crippen molar-refractivity contribution in [2.45, 2.75) is 78.1 Å². The number of rotatable bonds is 7. The Kier molecular flexibility index (Phi) is 6.27. The number of ether oxygens (including phenoxy) is 2. The van der Waals surface area contributed by atoms with Gasteiger partial charge >= 0.3 is 5.97 Å². The number of hydrogen-bond donors (Lipinski definition) is 1. The van der Waals surface area contributed by atoms with E-state index in [-0.39, 0.29) is 12.2 Å². The number of carboxylic acid groups (broad SMARTS) is 1. The summed E-state index contributed by atoms with van der Waals surface area (Å²) in [6.45, 7) is 8.44. The van der Waals surface area contributed by atoms with Crippen LogP contribution in [0.15, 0.2) is 0 Å². The predicted octanol–water partition coefficient (Wildman–Crippen LogP) is 3.24. The first-order valence-corrected chi connectivity index (χ1v) is 7.31. The molecule has 0 spiro atoms. The molecule has 1 heterocycles. The maximum absolute atomic E-state index is 11.0. The van der Waals surface area contributed by atoms with Crippen LogP contribution < -0.4 is 0 Å². The summed E-state index contributed by atoms with van der Waals surface area (Å²) in [4.78, 5) is 11.0. The van der Waals surface area contributed by atoms with Gasteiger partial charge in [-0.2, -0.15) is 0 Å². The molecule has 1 N–H and O–H groups in total. The van der Waals surface area contributed by atoms with Crippen LogP contribution in [0.3, 0.4) is 0 Å². The Bertz CT molecular complexity index is 278. The number of carboxylic acids is 1. The standard InChI is InChI=1S/C15H28O4/c1-11-9-13(10-12(2)19-11)18-8-6-5-7-15(3,4)14(16)17/h11-13H,5-10H2,1-4H3,(H,16,17). The van der Waals surface area contributed by atoms with Crippen molar-refractivity contribution in [3.63, 3.8) is 0 Å². The van der Waals surface area contributed by atoms with Crippen molar-refractivity contribution in [3.8, 4) is 0 Å². The lowest BCUT2D eigenvalue weighted by atomic mass is 9.87. The number of carbonyl (C=O) groups is 1. The lowest BCUT2D eigenvalue weighted by Gasteiger charge is -2.32. The first kappa shape index (κ1) is 16.4. The van der Waals surface area contributed by atoms with E-state index < -0.39 is 11.4 Å². The minimum absolute atomic E-state index is 0.277. The van der Waals surface area contributed by atoms with Gasteiger partial charge in [-0.05, 0) is 53.4 Å². The van der Waals surface area contributed by atoms with Gasteiger partial charge in [-0.1, -0.05) is 6.42 Å². The van der Waals surface area contributed by atoms with Gasteiger partial charge in [0, 0.05) is 6.61 Å². The molecule has 2 unspecified atom stereocenters. The molecule has 0 aromatic heterocycles. The highest BCUT2D eigenvalue weighted by Crippen LogP contribution is 2.24. The molecule has 1 saturated heterocycles. The van der Waals surface area contributed by atoms with Gasteiger partial charge in [0.15, 0.2) is 0 Å². The van der Waals surface area contributed by atoms with E-state index in [1.54, 1.807) is 13.8 Å². The fourth-order valence-corrected chi connectivity index (χ4v) is 2.51. The molecule has 0 radical (unpaired) electrons. The zero-order chi connectivity index (χ0) is 14.5. The molecule has 0 amide bonds. The predicted molar refractivity (Wildman–Crippen MR) is 74.3 cm³/mol. The molecule has 4 nitrogen and oxygen atoms in total. The highest BCUT2D eigenvalue weighted by molar-refractivity contribution is 5.73. The van der Waals surface area contributed by atoms with E-state index in [0.717, 1.165) is 32.3 Å². The minimum Gasteiger partial charge on any atom is -0.481 e. The number of aliphatic carboxylic acids is 1. The van der Waals surface area contributed by atoms with Gasteiger partial charge in [0.1, 0.15) is 0 Å². The van der Waals surface area contributed by atoms with E-state index in [1.165, 1.54) is 0 Å². The van der Waals surface area contributed by atoms with Gasteiger partial charge in [0.2, 0.25) is 0 Å². The first-order chi connectivity index (χ1) is 8.81. The van der Waals surface area contributed by atoms with Crippen LogP contribution in [0.2, 0.25) is 0 Å². The van der Waals surface area contributed by atoms with Crippen LogP contribution in [-0.2, 0) is 14.3 Å². The molecule has 1 aliphatic heterocycles. The minimum atomic E-state index is -0.722. The fourth-order valence-electron chi connectivity index (χ4n) is 2.51. The van der Waals surface area contributed by atoms with Crippen molar-refractivity contribution in [3.05, 3.63) is 0 Å². The molecule has 112 valence electrons. The Morgan fingerprint density at radius 3 is 2.37 bits per heavy atom. The molecular formula is C15H28O4. The van der Waals surface area contributed by atoms with Crippen molar-refractivity contribution < 1.29 is 19.4 Å². The molecule has 1 fully saturated rings. The van der Waals surface area contributed by atoms with Gasteiger partial charge in [-0.3, -0.25) is 4.79 Å². The fraction of sp³-hybridized carbons (Fsp3) is 0.933. The van der Waals surface area contributed by atoms with Crippen LogP contribution in [0.25, 0.3) is 0 Å². The molecule has 0 bridgehead atoms. The van der Waals surface area contributed by atoms with Crippen LogP contribution in [0.5, 0.6) is 0 Å². The lowest BCUT2D eigenvalue weighted by molar-refractivity contribution is -0.147. The molecule has 4 heteroatoms. The van der Waals surface area contributed by atoms with E-state index in [4.69, 9.17) is 14.6 Å². The SMILES string of the molecule is CC1CC(OCCCCC(C)(C)C(=O)O)CC(C)O1. The third-order valence-corrected chi connectivity index (χ3v) is 3.78. The normalized spacial score (nSPS) is 28.3. The van der Waals surface area contributed by atoms with E-state index in [0.29, 0.717) is 12.5 Å². The summed E-state index contributed by atoms with van der Waals surface area (Å²) in [5.41, 5.74) is -0.623. The van der Waals surface area contributed by atoms with Crippen molar-refractivity contribution in [2.24, 2.45) is 5.41 Å². The molecule has 0 saturated carbocycles. The van der Waals surface area contributed by atoms with E-state index in [2.05, 4.69) is 13.8 Å². The zero-order valence-corrected chi connectivity index (χ0v) is 12.6. The third-order valence-electron chi connectivity index (χ3n) is 3.78. The molecule has 0 aromatic rings. The smallest absolute Gasteiger partial charge is 0.309 e. The average Bonchev–Trinajstić information content (AvgIpc) is 2.26. The topological polar surface area (TPSA) is 55.8 Å². The van der Waals surface area contributed by atoms with Gasteiger partial charge in [-0.25, -0.2) is 0 Å². The Labute approximate surface area is 116 Å². The van der Waals surface area contributed by atoms with E-state index >= 15 is 0 Å². The second-order valence-electron chi connectivity index (χ2n) is 6.37. The van der Waals surface area contributed by atoms with Crippen molar-refractivity contribution in [1.82, 2.24) is 0 Å². The summed E-state index contributed by atoms with van der Waals surface area (Å²) in [5, 5.41) is 9.01. The van der Waals surface area contributed by atoms with Crippen LogP contribution >= 0.6 is 0 Å². The Morgan fingerprint density at radius 2 is 1.84 bits per heavy atom. The van der Waals surface area contributed by atoms with Gasteiger partial charge in [-0.15, -0.1) is 0 Å². The Balaban J connectivity index is 2.12. The molecular weight excluding hydrogens is 244 g/mol. The maximum atomic E-state index is 11.0. The summed E-state index contributed by atoms with van der Waals surface area (Å²) in [6, 6.07) is 0. The summed E-state index contributed by atoms with van der Waals surface area (Å²) >= 11 is 0. The number of unbranched alkanes of at least 4 members (excludes halogenated alkanes) is 1. The summed E-state index contributed by atoms with van der Waals surface area (Å²) in [6.07, 6.45) is 5.30. The van der Waals surface area contributed by atoms with E-state index in [9.17, 15) is 4.79 Å². The van der Waals surface area contributed by atoms with Crippen molar-refractivity contribution >= 4 is 5.97 Å². The van der Waals surface area contributed by atoms with Crippen LogP contribution in [0.1, 0.15) is 59.8 Å². The quantitative estimate of drug-likeness (QED) is 0.723.